The third-order valence-corrected chi connectivity index (χ3v) is 6.08. The fourth-order valence-corrected chi connectivity index (χ4v) is 4.80. The third kappa shape index (κ3) is 3.40. The van der Waals surface area contributed by atoms with Gasteiger partial charge in [-0.1, -0.05) is 11.6 Å². The molecular weight excluding hydrogens is 314 g/mol. The Morgan fingerprint density at radius 2 is 2.19 bits per heavy atom. The standard InChI is InChI=1S/C14H20ClNO4S/c1-10-12(8-17)5-13(15)6-14(10)21(18,19)16-4-3-11(7-16)9-20-2/h5-6,11,17H,3-4,7-9H2,1-2H3. The molecule has 7 heteroatoms. The second-order valence-corrected chi connectivity index (χ2v) is 7.66. The molecule has 0 aliphatic carbocycles. The highest BCUT2D eigenvalue weighted by Crippen LogP contribution is 2.30. The van der Waals surface area contributed by atoms with Crippen LogP contribution in [-0.2, 0) is 21.4 Å². The van der Waals surface area contributed by atoms with Crippen LogP contribution in [0, 0.1) is 12.8 Å². The summed E-state index contributed by atoms with van der Waals surface area (Å²) in [7, 11) is -1.98. The van der Waals surface area contributed by atoms with E-state index < -0.39 is 10.0 Å². The van der Waals surface area contributed by atoms with Crippen LogP contribution in [0.3, 0.4) is 0 Å². The van der Waals surface area contributed by atoms with Crippen molar-refractivity contribution in [3.63, 3.8) is 0 Å². The zero-order valence-electron chi connectivity index (χ0n) is 12.2. The second-order valence-electron chi connectivity index (χ2n) is 5.32. The summed E-state index contributed by atoms with van der Waals surface area (Å²) >= 11 is 5.98. The van der Waals surface area contributed by atoms with Crippen LogP contribution in [0.4, 0.5) is 0 Å². The molecule has 0 spiro atoms. The molecule has 1 aliphatic rings. The Hall–Kier alpha value is -0.660. The first kappa shape index (κ1) is 16.7. The van der Waals surface area contributed by atoms with E-state index in [9.17, 15) is 13.5 Å². The van der Waals surface area contributed by atoms with Crippen molar-refractivity contribution in [2.45, 2.75) is 24.8 Å². The topological polar surface area (TPSA) is 66.8 Å². The summed E-state index contributed by atoms with van der Waals surface area (Å²) in [4.78, 5) is 0.178. The molecule has 0 saturated carbocycles. The maximum absolute atomic E-state index is 12.8. The minimum Gasteiger partial charge on any atom is -0.392 e. The fraction of sp³-hybridized carbons (Fsp3) is 0.571. The Balaban J connectivity index is 2.35. The van der Waals surface area contributed by atoms with E-state index in [0.717, 1.165) is 6.42 Å². The largest absolute Gasteiger partial charge is 0.392 e. The van der Waals surface area contributed by atoms with E-state index in [-0.39, 0.29) is 17.4 Å². The van der Waals surface area contributed by atoms with Gasteiger partial charge in [0.15, 0.2) is 0 Å². The van der Waals surface area contributed by atoms with Gasteiger partial charge in [-0.15, -0.1) is 0 Å². The van der Waals surface area contributed by atoms with Gasteiger partial charge in [0.25, 0.3) is 0 Å². The normalized spacial score (nSPS) is 20.1. The predicted octanol–water partition coefficient (Wildman–Crippen LogP) is 1.80. The minimum absolute atomic E-state index is 0.178. The van der Waals surface area contributed by atoms with Crippen LogP contribution in [0.25, 0.3) is 0 Å². The third-order valence-electron chi connectivity index (χ3n) is 3.87. The van der Waals surface area contributed by atoms with Gasteiger partial charge in [0.2, 0.25) is 10.0 Å². The molecule has 0 radical (unpaired) electrons. The molecule has 1 aromatic rings. The Bertz CT molecular complexity index is 618. The van der Waals surface area contributed by atoms with Crippen molar-refractivity contribution < 1.29 is 18.3 Å². The molecule has 21 heavy (non-hydrogen) atoms. The number of rotatable bonds is 5. The van der Waals surface area contributed by atoms with Crippen LogP contribution in [-0.4, -0.2) is 44.6 Å². The van der Waals surface area contributed by atoms with Gasteiger partial charge in [0.05, 0.1) is 18.1 Å². The van der Waals surface area contributed by atoms with E-state index in [1.165, 1.54) is 10.4 Å². The molecule has 1 saturated heterocycles. The number of hydrogen-bond acceptors (Lipinski definition) is 4. The maximum Gasteiger partial charge on any atom is 0.243 e. The Kier molecular flexibility index (Phi) is 5.27. The number of methoxy groups -OCH3 is 1. The van der Waals surface area contributed by atoms with E-state index in [1.54, 1.807) is 20.1 Å². The molecule has 1 fully saturated rings. The van der Waals surface area contributed by atoms with Crippen LogP contribution in [0.5, 0.6) is 0 Å². The van der Waals surface area contributed by atoms with Gasteiger partial charge < -0.3 is 9.84 Å². The van der Waals surface area contributed by atoms with Gasteiger partial charge in [0.1, 0.15) is 0 Å². The van der Waals surface area contributed by atoms with E-state index in [0.29, 0.717) is 35.8 Å². The number of sulfonamides is 1. The van der Waals surface area contributed by atoms with Crippen molar-refractivity contribution in [3.05, 3.63) is 28.3 Å². The van der Waals surface area contributed by atoms with Gasteiger partial charge >= 0.3 is 0 Å². The molecule has 1 N–H and O–H groups in total. The molecule has 5 nitrogen and oxygen atoms in total. The van der Waals surface area contributed by atoms with Crippen molar-refractivity contribution in [1.29, 1.82) is 0 Å². The molecule has 2 rings (SSSR count). The highest BCUT2D eigenvalue weighted by Gasteiger charge is 2.33. The number of halogens is 1. The van der Waals surface area contributed by atoms with Gasteiger partial charge in [-0.05, 0) is 42.5 Å². The first-order valence-electron chi connectivity index (χ1n) is 6.79. The number of aliphatic hydroxyl groups is 1. The van der Waals surface area contributed by atoms with Crippen LogP contribution in [0.2, 0.25) is 5.02 Å². The summed E-state index contributed by atoms with van der Waals surface area (Å²) in [6.07, 6.45) is 0.791. The average molecular weight is 334 g/mol. The lowest BCUT2D eigenvalue weighted by atomic mass is 10.1. The summed E-state index contributed by atoms with van der Waals surface area (Å²) in [5, 5.41) is 9.64. The molecular formula is C14H20ClNO4S. The van der Waals surface area contributed by atoms with Crippen LogP contribution in [0.15, 0.2) is 17.0 Å². The second kappa shape index (κ2) is 6.62. The number of aliphatic hydroxyl groups excluding tert-OH is 1. The smallest absolute Gasteiger partial charge is 0.243 e. The highest BCUT2D eigenvalue weighted by molar-refractivity contribution is 7.89. The van der Waals surface area contributed by atoms with Gasteiger partial charge in [-0.3, -0.25) is 0 Å². The van der Waals surface area contributed by atoms with Crippen LogP contribution < -0.4 is 0 Å². The van der Waals surface area contributed by atoms with Crippen LogP contribution >= 0.6 is 11.6 Å². The van der Waals surface area contributed by atoms with Crippen molar-refractivity contribution >= 4 is 21.6 Å². The van der Waals surface area contributed by atoms with Crippen molar-refractivity contribution in [2.75, 3.05) is 26.8 Å². The Labute approximate surface area is 130 Å². The van der Waals surface area contributed by atoms with E-state index in [1.807, 2.05) is 0 Å². The number of hydrogen-bond donors (Lipinski definition) is 1. The lowest BCUT2D eigenvalue weighted by Crippen LogP contribution is -2.30. The number of benzene rings is 1. The maximum atomic E-state index is 12.8. The van der Waals surface area contributed by atoms with Gasteiger partial charge in [-0.2, -0.15) is 4.31 Å². The first-order valence-corrected chi connectivity index (χ1v) is 8.61. The van der Waals surface area contributed by atoms with E-state index in [2.05, 4.69) is 0 Å². The number of nitrogens with zero attached hydrogens (tertiary/aromatic N) is 1. The Morgan fingerprint density at radius 3 is 2.81 bits per heavy atom. The minimum atomic E-state index is -3.59. The van der Waals surface area contributed by atoms with E-state index in [4.69, 9.17) is 16.3 Å². The van der Waals surface area contributed by atoms with E-state index >= 15 is 0 Å². The molecule has 0 aromatic heterocycles. The van der Waals surface area contributed by atoms with Crippen LogP contribution in [0.1, 0.15) is 17.5 Å². The molecule has 1 atom stereocenters. The van der Waals surface area contributed by atoms with Gasteiger partial charge in [-0.25, -0.2) is 8.42 Å². The summed E-state index contributed by atoms with van der Waals surface area (Å²) in [5.41, 5.74) is 1.09. The van der Waals surface area contributed by atoms with Crippen molar-refractivity contribution in [1.82, 2.24) is 4.31 Å². The molecule has 1 aromatic carbocycles. The Morgan fingerprint density at radius 1 is 1.48 bits per heavy atom. The highest BCUT2D eigenvalue weighted by atomic mass is 35.5. The first-order chi connectivity index (χ1) is 9.90. The zero-order chi connectivity index (χ0) is 15.6. The summed E-state index contributed by atoms with van der Waals surface area (Å²) in [6, 6.07) is 3.04. The number of ether oxygens (including phenoxy) is 1. The molecule has 1 aliphatic heterocycles. The van der Waals surface area contributed by atoms with Gasteiger partial charge in [0, 0.05) is 25.2 Å². The lowest BCUT2D eigenvalue weighted by molar-refractivity contribution is 0.157. The SMILES string of the molecule is COCC1CCN(S(=O)(=O)c2cc(Cl)cc(CO)c2C)C1. The fourth-order valence-electron chi connectivity index (χ4n) is 2.67. The van der Waals surface area contributed by atoms with Crippen molar-refractivity contribution in [3.8, 4) is 0 Å². The molecule has 1 heterocycles. The lowest BCUT2D eigenvalue weighted by Gasteiger charge is -2.19. The molecule has 1 unspecified atom stereocenters. The molecule has 0 amide bonds. The summed E-state index contributed by atoms with van der Waals surface area (Å²) < 4.78 is 32.1. The predicted molar refractivity (Wildman–Crippen MR) is 80.9 cm³/mol. The van der Waals surface area contributed by atoms with Crippen molar-refractivity contribution in [2.24, 2.45) is 5.92 Å². The quantitative estimate of drug-likeness (QED) is 0.892. The monoisotopic (exact) mass is 333 g/mol. The summed E-state index contributed by atoms with van der Waals surface area (Å²) in [6.45, 7) is 2.95. The zero-order valence-corrected chi connectivity index (χ0v) is 13.7. The average Bonchev–Trinajstić information content (AvgIpc) is 2.90. The summed E-state index contributed by atoms with van der Waals surface area (Å²) in [5.74, 6) is 0.224. The molecule has 0 bridgehead atoms. The molecule has 118 valence electrons.